The molecule has 4 nitrogen and oxygen atoms in total. The Kier molecular flexibility index (Phi) is 10.7. The molecule has 0 saturated heterocycles. The summed E-state index contributed by atoms with van der Waals surface area (Å²) in [6, 6.07) is 0. The zero-order chi connectivity index (χ0) is 9.40. The molecule has 0 bridgehead atoms. The van der Waals surface area contributed by atoms with Crippen molar-refractivity contribution in [1.82, 2.24) is 0 Å². The van der Waals surface area contributed by atoms with Gasteiger partial charge in [0, 0.05) is 31.6 Å². The topological polar surface area (TPSA) is 63.6 Å². The molecular weight excluding hydrogens is 225 g/mol. The smallest absolute Gasteiger partial charge is 0.331 e. The number of carboxylic acids is 1. The number of aliphatic carboxylic acids is 1. The van der Waals surface area contributed by atoms with Crippen molar-refractivity contribution >= 4 is 11.9 Å². The molecule has 0 aromatic rings. The van der Waals surface area contributed by atoms with Crippen molar-refractivity contribution in [1.29, 1.82) is 0 Å². The van der Waals surface area contributed by atoms with Crippen LogP contribution in [0.2, 0.25) is 0 Å². The second kappa shape index (κ2) is 9.39. The van der Waals surface area contributed by atoms with Gasteiger partial charge < -0.3 is 9.84 Å². The number of hydrogen-bond donors (Lipinski definition) is 1. The molecule has 0 heterocycles. The van der Waals surface area contributed by atoms with Crippen molar-refractivity contribution in [3.63, 3.8) is 0 Å². The number of unbranched alkanes of at least 4 members (excludes halogenated alkanes) is 1. The van der Waals surface area contributed by atoms with E-state index < -0.39 is 11.9 Å². The van der Waals surface area contributed by atoms with E-state index in [1.807, 2.05) is 6.92 Å². The van der Waals surface area contributed by atoms with Gasteiger partial charge in [0.1, 0.15) is 0 Å². The molecular formula is C8H12O4Zn. The first-order chi connectivity index (χ1) is 5.66. The molecule has 0 unspecified atom stereocenters. The van der Waals surface area contributed by atoms with E-state index >= 15 is 0 Å². The Morgan fingerprint density at radius 3 is 2.46 bits per heavy atom. The van der Waals surface area contributed by atoms with Crippen molar-refractivity contribution < 1.29 is 38.9 Å². The molecule has 0 radical (unpaired) electrons. The molecule has 0 aliphatic heterocycles. The van der Waals surface area contributed by atoms with Gasteiger partial charge in [-0.2, -0.15) is 0 Å². The van der Waals surface area contributed by atoms with Gasteiger partial charge in [-0.3, -0.25) is 0 Å². The fraction of sp³-hybridized carbons (Fsp3) is 0.500. The van der Waals surface area contributed by atoms with Crippen LogP contribution in [-0.4, -0.2) is 23.7 Å². The summed E-state index contributed by atoms with van der Waals surface area (Å²) in [4.78, 5) is 20.6. The van der Waals surface area contributed by atoms with Crippen LogP contribution >= 0.6 is 0 Å². The van der Waals surface area contributed by atoms with Gasteiger partial charge in [-0.15, -0.1) is 0 Å². The van der Waals surface area contributed by atoms with E-state index in [-0.39, 0.29) is 19.5 Å². The first kappa shape index (κ1) is 14.8. The summed E-state index contributed by atoms with van der Waals surface area (Å²) in [6.07, 6.45) is 3.40. The van der Waals surface area contributed by atoms with Crippen LogP contribution in [0, 0.1) is 0 Å². The molecule has 5 heteroatoms. The first-order valence-corrected chi connectivity index (χ1v) is 3.74. The molecule has 0 amide bonds. The van der Waals surface area contributed by atoms with Crippen LogP contribution in [0.25, 0.3) is 0 Å². The van der Waals surface area contributed by atoms with E-state index in [1.54, 1.807) is 0 Å². The molecule has 70 valence electrons. The number of carboxylic acid groups (broad SMARTS) is 1. The largest absolute Gasteiger partial charge is 0.478 e. The Bertz CT molecular complexity index is 189. The van der Waals surface area contributed by atoms with Gasteiger partial charge in [-0.1, -0.05) is 13.3 Å². The number of ether oxygens (including phenoxy) is 1. The number of carbonyl (C=O) groups is 2. The van der Waals surface area contributed by atoms with E-state index in [4.69, 9.17) is 5.11 Å². The molecule has 13 heavy (non-hydrogen) atoms. The van der Waals surface area contributed by atoms with Gasteiger partial charge >= 0.3 is 11.9 Å². The van der Waals surface area contributed by atoms with Gasteiger partial charge in [0.15, 0.2) is 0 Å². The zero-order valence-electron chi connectivity index (χ0n) is 7.66. The maximum absolute atomic E-state index is 10.6. The molecule has 0 aliphatic rings. The van der Waals surface area contributed by atoms with Gasteiger partial charge in [-0.05, 0) is 6.42 Å². The average Bonchev–Trinajstić information content (AvgIpc) is 2.01. The maximum atomic E-state index is 10.6. The molecule has 0 aromatic carbocycles. The third-order valence-corrected chi connectivity index (χ3v) is 1.10. The molecule has 0 spiro atoms. The van der Waals surface area contributed by atoms with Crippen molar-refractivity contribution in [2.24, 2.45) is 0 Å². The Morgan fingerprint density at radius 1 is 1.38 bits per heavy atom. The van der Waals surface area contributed by atoms with Crippen LogP contribution in [-0.2, 0) is 33.8 Å². The fourth-order valence-electron chi connectivity index (χ4n) is 0.505. The number of esters is 1. The second-order valence-corrected chi connectivity index (χ2v) is 2.19. The van der Waals surface area contributed by atoms with E-state index in [9.17, 15) is 9.59 Å². The standard InChI is InChI=1S/C8H12O4.Zn/c1-2-3-6-12-8(11)5-4-7(9)10;/h4-5H,2-3,6H2,1H3,(H,9,10);/b5-4-;. The SMILES string of the molecule is CCCCOC(=O)/C=C\C(=O)O.[Zn]. The Labute approximate surface area is 89.7 Å². The summed E-state index contributed by atoms with van der Waals surface area (Å²) in [6.45, 7) is 2.32. The minimum Gasteiger partial charge on any atom is -0.478 e. The van der Waals surface area contributed by atoms with Gasteiger partial charge in [0.05, 0.1) is 6.61 Å². The summed E-state index contributed by atoms with van der Waals surface area (Å²) < 4.78 is 4.64. The monoisotopic (exact) mass is 236 g/mol. The first-order valence-electron chi connectivity index (χ1n) is 3.74. The van der Waals surface area contributed by atoms with Crippen LogP contribution in [0.5, 0.6) is 0 Å². The molecule has 0 saturated carbocycles. The van der Waals surface area contributed by atoms with Gasteiger partial charge in [-0.25, -0.2) is 9.59 Å². The third-order valence-electron chi connectivity index (χ3n) is 1.10. The summed E-state index contributed by atoms with van der Waals surface area (Å²) in [5, 5.41) is 8.14. The van der Waals surface area contributed by atoms with Crippen LogP contribution in [0.3, 0.4) is 0 Å². The van der Waals surface area contributed by atoms with Crippen LogP contribution in [0.15, 0.2) is 12.2 Å². The molecule has 0 fully saturated rings. The van der Waals surface area contributed by atoms with Gasteiger partial charge in [0.2, 0.25) is 0 Å². The van der Waals surface area contributed by atoms with Crippen molar-refractivity contribution in [3.8, 4) is 0 Å². The predicted molar refractivity (Wildman–Crippen MR) is 42.6 cm³/mol. The van der Waals surface area contributed by atoms with Crippen LogP contribution in [0.4, 0.5) is 0 Å². The summed E-state index contributed by atoms with van der Waals surface area (Å²) >= 11 is 0. The van der Waals surface area contributed by atoms with Crippen LogP contribution < -0.4 is 0 Å². The van der Waals surface area contributed by atoms with E-state index in [1.165, 1.54) is 0 Å². The molecule has 0 rings (SSSR count). The Morgan fingerprint density at radius 2 is 2.00 bits per heavy atom. The summed E-state index contributed by atoms with van der Waals surface area (Å²) in [7, 11) is 0. The Hall–Kier alpha value is -0.697. The quantitative estimate of drug-likeness (QED) is 0.335. The number of rotatable bonds is 5. The summed E-state index contributed by atoms with van der Waals surface area (Å²) in [5.74, 6) is -1.76. The number of hydrogen-bond acceptors (Lipinski definition) is 3. The molecule has 0 atom stereocenters. The summed E-state index contributed by atoms with van der Waals surface area (Å²) in [5.41, 5.74) is 0. The van der Waals surface area contributed by atoms with Crippen LogP contribution in [0.1, 0.15) is 19.8 Å². The van der Waals surface area contributed by atoms with Crippen molar-refractivity contribution in [2.45, 2.75) is 19.8 Å². The van der Waals surface area contributed by atoms with Crippen molar-refractivity contribution in [2.75, 3.05) is 6.61 Å². The minimum absolute atomic E-state index is 0. The third kappa shape index (κ3) is 11.3. The van der Waals surface area contributed by atoms with Crippen molar-refractivity contribution in [3.05, 3.63) is 12.2 Å². The number of carbonyl (C=O) groups excluding carboxylic acids is 1. The van der Waals surface area contributed by atoms with E-state index in [0.29, 0.717) is 6.61 Å². The van der Waals surface area contributed by atoms with E-state index in [2.05, 4.69) is 4.74 Å². The fourth-order valence-corrected chi connectivity index (χ4v) is 0.505. The Balaban J connectivity index is 0. The van der Waals surface area contributed by atoms with Gasteiger partial charge in [0.25, 0.3) is 0 Å². The average molecular weight is 238 g/mol. The van der Waals surface area contributed by atoms with E-state index in [0.717, 1.165) is 25.0 Å². The zero-order valence-corrected chi connectivity index (χ0v) is 10.6. The second-order valence-electron chi connectivity index (χ2n) is 2.19. The molecule has 1 N–H and O–H groups in total. The molecule has 0 aromatic heterocycles. The minimum atomic E-state index is -1.15. The maximum Gasteiger partial charge on any atom is 0.331 e. The predicted octanol–water partition coefficient (Wildman–Crippen LogP) is 0.968. The molecule has 0 aliphatic carbocycles. The normalized spacial score (nSPS) is 9.31.